The van der Waals surface area contributed by atoms with Gasteiger partial charge in [-0.15, -0.1) is 0 Å². The van der Waals surface area contributed by atoms with Crippen LogP contribution in [0.15, 0.2) is 36.4 Å². The van der Waals surface area contributed by atoms with E-state index < -0.39 is 5.82 Å². The third-order valence-electron chi connectivity index (χ3n) is 3.33. The lowest BCUT2D eigenvalue weighted by Gasteiger charge is -2.14. The van der Waals surface area contributed by atoms with Crippen molar-refractivity contribution in [3.63, 3.8) is 0 Å². The van der Waals surface area contributed by atoms with Crippen molar-refractivity contribution in [2.24, 2.45) is 5.73 Å². The van der Waals surface area contributed by atoms with Crippen LogP contribution >= 0.6 is 0 Å². The van der Waals surface area contributed by atoms with Crippen molar-refractivity contribution in [1.29, 1.82) is 0 Å². The molecule has 2 aromatic carbocycles. The number of fused-ring (bicyclic) bond motifs is 1. The molecule has 3 rings (SSSR count). The van der Waals surface area contributed by atoms with Crippen molar-refractivity contribution < 1.29 is 18.6 Å². The molecule has 0 aliphatic carbocycles. The number of hydrogen-bond acceptors (Lipinski definition) is 4. The fraction of sp³-hybridized carbons (Fsp3) is 0.250. The van der Waals surface area contributed by atoms with Crippen LogP contribution in [0.3, 0.4) is 0 Å². The van der Waals surface area contributed by atoms with Crippen molar-refractivity contribution >= 4 is 0 Å². The minimum absolute atomic E-state index is 0.181. The van der Waals surface area contributed by atoms with E-state index in [0.717, 1.165) is 11.1 Å². The number of halogens is 1. The Morgan fingerprint density at radius 3 is 2.86 bits per heavy atom. The molecular formula is C16H16FNO3. The second-order valence-electron chi connectivity index (χ2n) is 4.96. The molecule has 0 spiro atoms. The monoisotopic (exact) mass is 289 g/mol. The van der Waals surface area contributed by atoms with E-state index in [1.165, 1.54) is 6.07 Å². The molecule has 21 heavy (non-hydrogen) atoms. The van der Waals surface area contributed by atoms with Gasteiger partial charge in [0.15, 0.2) is 23.1 Å². The summed E-state index contributed by atoms with van der Waals surface area (Å²) in [4.78, 5) is 0. The zero-order valence-corrected chi connectivity index (χ0v) is 11.6. The molecule has 0 amide bonds. The van der Waals surface area contributed by atoms with E-state index in [0.29, 0.717) is 11.5 Å². The normalized spacial score (nSPS) is 14.0. The minimum atomic E-state index is -0.390. The third-order valence-corrected chi connectivity index (χ3v) is 3.33. The SMILES string of the molecule is Cc1ccc(F)c(OCC(N)c2ccc3c(c2)OCO3)c1. The first-order chi connectivity index (χ1) is 10.1. The van der Waals surface area contributed by atoms with Gasteiger partial charge in [0.05, 0.1) is 6.04 Å². The predicted octanol–water partition coefficient (Wildman–Crippen LogP) is 2.94. The number of benzene rings is 2. The summed E-state index contributed by atoms with van der Waals surface area (Å²) in [5, 5.41) is 0. The van der Waals surface area contributed by atoms with Crippen LogP contribution in [-0.4, -0.2) is 13.4 Å². The second-order valence-corrected chi connectivity index (χ2v) is 4.96. The van der Waals surface area contributed by atoms with Gasteiger partial charge in [-0.2, -0.15) is 0 Å². The van der Waals surface area contributed by atoms with Gasteiger partial charge in [-0.3, -0.25) is 0 Å². The maximum atomic E-state index is 13.6. The summed E-state index contributed by atoms with van der Waals surface area (Å²) in [5.41, 5.74) is 7.87. The molecule has 0 saturated heterocycles. The maximum absolute atomic E-state index is 13.6. The highest BCUT2D eigenvalue weighted by Gasteiger charge is 2.16. The molecule has 4 nitrogen and oxygen atoms in total. The topological polar surface area (TPSA) is 53.7 Å². The standard InChI is InChI=1S/C16H16FNO3/c1-10-2-4-12(17)15(6-10)19-8-13(18)11-3-5-14-16(7-11)21-9-20-14/h2-7,13H,8-9,18H2,1H3. The first-order valence-electron chi connectivity index (χ1n) is 6.67. The molecule has 0 fully saturated rings. The molecule has 1 atom stereocenters. The van der Waals surface area contributed by atoms with E-state index in [4.69, 9.17) is 19.9 Å². The summed E-state index contributed by atoms with van der Waals surface area (Å²) < 4.78 is 29.6. The number of aryl methyl sites for hydroxylation is 1. The molecule has 1 aliphatic heterocycles. The van der Waals surface area contributed by atoms with Crippen molar-refractivity contribution in [2.75, 3.05) is 13.4 Å². The van der Waals surface area contributed by atoms with Crippen molar-refractivity contribution in [1.82, 2.24) is 0 Å². The Morgan fingerprint density at radius 1 is 1.19 bits per heavy atom. The lowest BCUT2D eigenvalue weighted by atomic mass is 10.1. The Balaban J connectivity index is 1.69. The van der Waals surface area contributed by atoms with Gasteiger partial charge in [0.25, 0.3) is 0 Å². The Hall–Kier alpha value is -2.27. The van der Waals surface area contributed by atoms with Gasteiger partial charge < -0.3 is 19.9 Å². The van der Waals surface area contributed by atoms with Crippen LogP contribution in [0.5, 0.6) is 17.2 Å². The number of ether oxygens (including phenoxy) is 3. The molecule has 0 saturated carbocycles. The van der Waals surface area contributed by atoms with E-state index in [2.05, 4.69) is 0 Å². The number of nitrogens with two attached hydrogens (primary N) is 1. The summed E-state index contributed by atoms with van der Waals surface area (Å²) in [6.45, 7) is 2.28. The van der Waals surface area contributed by atoms with Crippen LogP contribution in [0.1, 0.15) is 17.2 Å². The molecule has 2 aromatic rings. The second kappa shape index (κ2) is 5.61. The Bertz CT molecular complexity index is 660. The summed E-state index contributed by atoms with van der Waals surface area (Å²) in [6.07, 6.45) is 0. The molecule has 110 valence electrons. The average molecular weight is 289 g/mol. The quantitative estimate of drug-likeness (QED) is 0.940. The lowest BCUT2D eigenvalue weighted by molar-refractivity contribution is 0.174. The first kappa shape index (κ1) is 13.7. The van der Waals surface area contributed by atoms with Gasteiger partial charge in [0.2, 0.25) is 6.79 Å². The summed E-state index contributed by atoms with van der Waals surface area (Å²) in [6, 6.07) is 9.85. The molecule has 2 N–H and O–H groups in total. The Labute approximate surface area is 122 Å². The molecule has 1 heterocycles. The van der Waals surface area contributed by atoms with Crippen molar-refractivity contribution in [2.45, 2.75) is 13.0 Å². The maximum Gasteiger partial charge on any atom is 0.231 e. The van der Waals surface area contributed by atoms with Gasteiger partial charge in [-0.05, 0) is 42.3 Å². The van der Waals surface area contributed by atoms with Gasteiger partial charge in [0.1, 0.15) is 6.61 Å². The minimum Gasteiger partial charge on any atom is -0.489 e. The van der Waals surface area contributed by atoms with Gasteiger partial charge in [0, 0.05) is 0 Å². The Kier molecular flexibility index (Phi) is 3.66. The number of hydrogen-bond donors (Lipinski definition) is 1. The summed E-state index contributed by atoms with van der Waals surface area (Å²) >= 11 is 0. The zero-order valence-electron chi connectivity index (χ0n) is 11.6. The van der Waals surface area contributed by atoms with Crippen LogP contribution in [-0.2, 0) is 0 Å². The van der Waals surface area contributed by atoms with Crippen LogP contribution in [0.25, 0.3) is 0 Å². The largest absolute Gasteiger partial charge is 0.489 e. The van der Waals surface area contributed by atoms with Gasteiger partial charge in [-0.25, -0.2) is 4.39 Å². The molecule has 0 radical (unpaired) electrons. The van der Waals surface area contributed by atoms with Crippen LogP contribution in [0.2, 0.25) is 0 Å². The van der Waals surface area contributed by atoms with Gasteiger partial charge in [-0.1, -0.05) is 12.1 Å². The van der Waals surface area contributed by atoms with E-state index in [9.17, 15) is 4.39 Å². The molecular weight excluding hydrogens is 273 g/mol. The van der Waals surface area contributed by atoms with E-state index in [1.54, 1.807) is 12.1 Å². The molecule has 5 heteroatoms. The van der Waals surface area contributed by atoms with Crippen LogP contribution < -0.4 is 19.9 Å². The predicted molar refractivity (Wildman–Crippen MR) is 76.1 cm³/mol. The zero-order chi connectivity index (χ0) is 14.8. The summed E-state index contributed by atoms with van der Waals surface area (Å²) in [7, 11) is 0. The van der Waals surface area contributed by atoms with Crippen LogP contribution in [0.4, 0.5) is 4.39 Å². The van der Waals surface area contributed by atoms with Crippen LogP contribution in [0, 0.1) is 12.7 Å². The van der Waals surface area contributed by atoms with Crippen molar-refractivity contribution in [3.05, 3.63) is 53.3 Å². The fourth-order valence-electron chi connectivity index (χ4n) is 2.14. The fourth-order valence-corrected chi connectivity index (χ4v) is 2.14. The smallest absolute Gasteiger partial charge is 0.231 e. The molecule has 0 bridgehead atoms. The Morgan fingerprint density at radius 2 is 2.00 bits per heavy atom. The van der Waals surface area contributed by atoms with E-state index in [-0.39, 0.29) is 25.2 Å². The van der Waals surface area contributed by atoms with E-state index in [1.807, 2.05) is 25.1 Å². The van der Waals surface area contributed by atoms with E-state index >= 15 is 0 Å². The highest BCUT2D eigenvalue weighted by molar-refractivity contribution is 5.45. The molecule has 1 unspecified atom stereocenters. The highest BCUT2D eigenvalue weighted by Crippen LogP contribution is 2.34. The summed E-state index contributed by atoms with van der Waals surface area (Å²) in [5.74, 6) is 1.20. The average Bonchev–Trinajstić information content (AvgIpc) is 2.95. The molecule has 0 aromatic heterocycles. The van der Waals surface area contributed by atoms with Crippen molar-refractivity contribution in [3.8, 4) is 17.2 Å². The third kappa shape index (κ3) is 2.92. The van der Waals surface area contributed by atoms with Gasteiger partial charge >= 0.3 is 0 Å². The first-order valence-corrected chi connectivity index (χ1v) is 6.67. The number of rotatable bonds is 4. The lowest BCUT2D eigenvalue weighted by Crippen LogP contribution is -2.19. The highest BCUT2D eigenvalue weighted by atomic mass is 19.1. The molecule has 1 aliphatic rings.